The molecular weight excluding hydrogens is 556 g/mol. The summed E-state index contributed by atoms with van der Waals surface area (Å²) in [6, 6.07) is 21.9. The molecule has 1 aliphatic heterocycles. The summed E-state index contributed by atoms with van der Waals surface area (Å²) in [5, 5.41) is 6.60. The first kappa shape index (κ1) is 28.9. The lowest BCUT2D eigenvalue weighted by molar-refractivity contribution is -0.122. The Bertz CT molecular complexity index is 1610. The van der Waals surface area contributed by atoms with Gasteiger partial charge in [-0.3, -0.25) is 14.2 Å². The van der Waals surface area contributed by atoms with Gasteiger partial charge in [-0.1, -0.05) is 42.4 Å². The van der Waals surface area contributed by atoms with Crippen LogP contribution in [0.5, 0.6) is 11.5 Å². The summed E-state index contributed by atoms with van der Waals surface area (Å²) in [6.45, 7) is 5.15. The van der Waals surface area contributed by atoms with Crippen LogP contribution in [0, 0.1) is 5.92 Å². The Kier molecular flexibility index (Phi) is 9.21. The first-order chi connectivity index (χ1) is 20.4. The van der Waals surface area contributed by atoms with E-state index in [1.54, 1.807) is 19.2 Å². The topological polar surface area (TPSA) is 104 Å². The van der Waals surface area contributed by atoms with E-state index in [4.69, 9.17) is 25.8 Å². The van der Waals surface area contributed by atoms with Gasteiger partial charge in [-0.25, -0.2) is 4.98 Å². The van der Waals surface area contributed by atoms with Crippen LogP contribution in [0.2, 0.25) is 5.02 Å². The van der Waals surface area contributed by atoms with Crippen LogP contribution >= 0.6 is 11.6 Å². The summed E-state index contributed by atoms with van der Waals surface area (Å²) in [4.78, 5) is 31.0. The van der Waals surface area contributed by atoms with Crippen LogP contribution in [0.3, 0.4) is 0 Å². The van der Waals surface area contributed by atoms with E-state index in [0.29, 0.717) is 60.0 Å². The summed E-state index contributed by atoms with van der Waals surface area (Å²) in [5.74, 6) is 1.72. The molecule has 2 N–H and O–H groups in total. The lowest BCUT2D eigenvalue weighted by atomic mass is 9.99. The van der Waals surface area contributed by atoms with Crippen molar-refractivity contribution in [3.63, 3.8) is 0 Å². The highest BCUT2D eigenvalue weighted by molar-refractivity contribution is 6.30. The Hall–Kier alpha value is -4.60. The smallest absolute Gasteiger partial charge is 0.279 e. The van der Waals surface area contributed by atoms with Crippen molar-refractivity contribution >= 4 is 40.6 Å². The maximum absolute atomic E-state index is 13.6. The maximum Gasteiger partial charge on any atom is 0.279 e. The van der Waals surface area contributed by atoms with Gasteiger partial charge in [-0.2, -0.15) is 0 Å². The minimum Gasteiger partial charge on any atom is -0.497 e. The van der Waals surface area contributed by atoms with Crippen LogP contribution < -0.4 is 20.9 Å². The van der Waals surface area contributed by atoms with Crippen LogP contribution in [0.15, 0.2) is 90.4 Å². The average Bonchev–Trinajstić information content (AvgIpc) is 3.02. The van der Waals surface area contributed by atoms with Crippen molar-refractivity contribution in [3.8, 4) is 11.5 Å². The number of benzene rings is 3. The summed E-state index contributed by atoms with van der Waals surface area (Å²) in [5.41, 5.74) is 2.11. The normalized spacial score (nSPS) is 13.3. The predicted molar refractivity (Wildman–Crippen MR) is 164 cm³/mol. The minimum atomic E-state index is -0.375. The molecule has 1 aromatic heterocycles. The van der Waals surface area contributed by atoms with Crippen molar-refractivity contribution in [2.75, 3.05) is 31.0 Å². The Morgan fingerprint density at radius 3 is 2.52 bits per heavy atom. The van der Waals surface area contributed by atoms with Gasteiger partial charge in [0.1, 0.15) is 22.9 Å². The Morgan fingerprint density at radius 1 is 1.07 bits per heavy atom. The Morgan fingerprint density at radius 2 is 1.81 bits per heavy atom. The fourth-order valence-corrected chi connectivity index (χ4v) is 4.64. The maximum atomic E-state index is 13.6. The second-order valence-corrected chi connectivity index (χ2v) is 10.2. The van der Waals surface area contributed by atoms with Crippen molar-refractivity contribution in [3.05, 3.63) is 112 Å². The van der Waals surface area contributed by atoms with Gasteiger partial charge in [-0.15, -0.1) is 0 Å². The molecule has 3 aromatic carbocycles. The van der Waals surface area contributed by atoms with E-state index in [9.17, 15) is 9.59 Å². The van der Waals surface area contributed by atoms with E-state index < -0.39 is 0 Å². The summed E-state index contributed by atoms with van der Waals surface area (Å²) in [6.07, 6.45) is 2.62. The number of hydrogen-bond donors (Lipinski definition) is 2. The number of carbonyl (C=O) groups excluding carboxylic acids is 1. The van der Waals surface area contributed by atoms with Crippen LogP contribution in [0.1, 0.15) is 24.0 Å². The van der Waals surface area contributed by atoms with Crippen molar-refractivity contribution in [1.82, 2.24) is 9.55 Å². The number of carbonyl (C=O) groups is 1. The number of amides is 1. The quantitative estimate of drug-likeness (QED) is 0.205. The van der Waals surface area contributed by atoms with Gasteiger partial charge in [0.15, 0.2) is 0 Å². The number of nitrogens with zero attached hydrogens (tertiary/aromatic N) is 2. The SMILES string of the molecule is C=C(OC)c1cccc(Oc2ccc(Nc3ncc(NC(=O)C4CCOCC4)c(=O)n3Cc3ccc(Cl)cc3)cc2)c1. The summed E-state index contributed by atoms with van der Waals surface area (Å²) >= 11 is 6.06. The first-order valence-corrected chi connectivity index (χ1v) is 13.9. The molecule has 9 nitrogen and oxygen atoms in total. The molecule has 5 rings (SSSR count). The molecule has 2 heterocycles. The average molecular weight is 587 g/mol. The van der Waals surface area contributed by atoms with E-state index in [2.05, 4.69) is 22.2 Å². The monoisotopic (exact) mass is 586 g/mol. The zero-order valence-corrected chi connectivity index (χ0v) is 23.9. The number of methoxy groups -OCH3 is 1. The molecule has 1 saturated heterocycles. The highest BCUT2D eigenvalue weighted by Gasteiger charge is 2.23. The third-order valence-corrected chi connectivity index (χ3v) is 7.15. The Labute approximate surface area is 248 Å². The number of halogens is 1. The number of ether oxygens (including phenoxy) is 3. The number of anilines is 3. The van der Waals surface area contributed by atoms with Crippen molar-refractivity contribution in [2.24, 2.45) is 5.92 Å². The van der Waals surface area contributed by atoms with Crippen LogP contribution in [-0.2, 0) is 20.8 Å². The standard InChI is InChI=1S/C32H31ClN4O5/c1-21(40-2)24-4-3-5-28(18-24)42-27-12-10-26(11-13-27)35-32-34-19-29(36-30(38)23-14-16-41-17-15-23)31(39)37(32)20-22-6-8-25(33)9-7-22/h3-13,18-19,23H,1,14-17,20H2,2H3,(H,34,35)(H,36,38). The molecule has 0 radical (unpaired) electrons. The van der Waals surface area contributed by atoms with Gasteiger partial charge in [0, 0.05) is 35.4 Å². The molecule has 0 aliphatic carbocycles. The number of nitrogens with one attached hydrogen (secondary N) is 2. The highest BCUT2D eigenvalue weighted by Crippen LogP contribution is 2.27. The largest absolute Gasteiger partial charge is 0.497 e. The number of rotatable bonds is 10. The number of aromatic nitrogens is 2. The second kappa shape index (κ2) is 13.4. The molecule has 0 spiro atoms. The van der Waals surface area contributed by atoms with Gasteiger partial charge < -0.3 is 24.8 Å². The van der Waals surface area contributed by atoms with E-state index in [-0.39, 0.29) is 29.6 Å². The molecule has 1 amide bonds. The van der Waals surface area contributed by atoms with Gasteiger partial charge in [0.2, 0.25) is 11.9 Å². The van der Waals surface area contributed by atoms with Crippen LogP contribution in [-0.4, -0.2) is 35.8 Å². The van der Waals surface area contributed by atoms with Crippen molar-refractivity contribution < 1.29 is 19.0 Å². The summed E-state index contributed by atoms with van der Waals surface area (Å²) in [7, 11) is 1.57. The molecule has 1 aliphatic rings. The second-order valence-electron chi connectivity index (χ2n) is 9.80. The molecule has 0 saturated carbocycles. The molecule has 10 heteroatoms. The van der Waals surface area contributed by atoms with Crippen molar-refractivity contribution in [1.29, 1.82) is 0 Å². The third-order valence-electron chi connectivity index (χ3n) is 6.90. The molecule has 4 aromatic rings. The van der Waals surface area contributed by atoms with E-state index >= 15 is 0 Å². The van der Waals surface area contributed by atoms with Gasteiger partial charge in [0.05, 0.1) is 19.9 Å². The molecule has 0 atom stereocenters. The van der Waals surface area contributed by atoms with Crippen LogP contribution in [0.25, 0.3) is 5.76 Å². The molecule has 1 fully saturated rings. The minimum absolute atomic E-state index is 0.119. The van der Waals surface area contributed by atoms with Gasteiger partial charge in [-0.05, 0) is 66.9 Å². The van der Waals surface area contributed by atoms with Crippen LogP contribution in [0.4, 0.5) is 17.3 Å². The lowest BCUT2D eigenvalue weighted by Crippen LogP contribution is -2.33. The fourth-order valence-electron chi connectivity index (χ4n) is 4.51. The fraction of sp³-hybridized carbons (Fsp3) is 0.219. The first-order valence-electron chi connectivity index (χ1n) is 13.5. The zero-order valence-electron chi connectivity index (χ0n) is 23.1. The van der Waals surface area contributed by atoms with E-state index in [0.717, 1.165) is 11.1 Å². The van der Waals surface area contributed by atoms with E-state index in [1.165, 1.54) is 10.8 Å². The molecule has 0 bridgehead atoms. The van der Waals surface area contributed by atoms with E-state index in [1.807, 2.05) is 60.7 Å². The molecule has 0 unspecified atom stereocenters. The zero-order chi connectivity index (χ0) is 29.5. The number of hydrogen-bond acceptors (Lipinski definition) is 7. The Balaban J connectivity index is 1.36. The van der Waals surface area contributed by atoms with Gasteiger partial charge >= 0.3 is 0 Å². The third kappa shape index (κ3) is 7.18. The van der Waals surface area contributed by atoms with Crippen molar-refractivity contribution in [2.45, 2.75) is 19.4 Å². The molecular formula is C32H31ClN4O5. The molecule has 216 valence electrons. The highest BCUT2D eigenvalue weighted by atomic mass is 35.5. The predicted octanol–water partition coefficient (Wildman–Crippen LogP) is 6.46. The van der Waals surface area contributed by atoms with Gasteiger partial charge in [0.25, 0.3) is 5.56 Å². The summed E-state index contributed by atoms with van der Waals surface area (Å²) < 4.78 is 18.0. The lowest BCUT2D eigenvalue weighted by Gasteiger charge is -2.21. The molecule has 42 heavy (non-hydrogen) atoms.